The van der Waals surface area contributed by atoms with E-state index in [2.05, 4.69) is 24.1 Å². The first kappa shape index (κ1) is 16.4. The van der Waals surface area contributed by atoms with Crippen molar-refractivity contribution in [3.8, 4) is 0 Å². The number of methoxy groups -OCH3 is 1. The van der Waals surface area contributed by atoms with E-state index in [0.717, 1.165) is 32.4 Å². The average Bonchev–Trinajstić information content (AvgIpc) is 2.39. The summed E-state index contributed by atoms with van der Waals surface area (Å²) in [6.07, 6.45) is 7.24. The summed E-state index contributed by atoms with van der Waals surface area (Å²) in [6.45, 7) is 6.78. The van der Waals surface area contributed by atoms with E-state index < -0.39 is 0 Å². The zero-order valence-electron chi connectivity index (χ0n) is 12.8. The van der Waals surface area contributed by atoms with E-state index in [1.54, 1.807) is 7.11 Å². The van der Waals surface area contributed by atoms with Crippen molar-refractivity contribution in [2.75, 3.05) is 26.7 Å². The molecule has 4 heteroatoms. The van der Waals surface area contributed by atoms with Crippen molar-refractivity contribution >= 4 is 5.91 Å². The second-order valence-electron chi connectivity index (χ2n) is 5.68. The molecule has 1 atom stereocenters. The van der Waals surface area contributed by atoms with Crippen LogP contribution in [0.5, 0.6) is 0 Å². The van der Waals surface area contributed by atoms with Crippen molar-refractivity contribution in [1.29, 1.82) is 0 Å². The van der Waals surface area contributed by atoms with Gasteiger partial charge in [-0.2, -0.15) is 0 Å². The van der Waals surface area contributed by atoms with Crippen LogP contribution in [0.15, 0.2) is 0 Å². The number of hydrogen-bond acceptors (Lipinski definition) is 3. The molecule has 0 aromatic rings. The van der Waals surface area contributed by atoms with E-state index in [-0.39, 0.29) is 5.91 Å². The van der Waals surface area contributed by atoms with Crippen molar-refractivity contribution in [1.82, 2.24) is 10.2 Å². The topological polar surface area (TPSA) is 41.6 Å². The number of amides is 1. The lowest BCUT2D eigenvalue weighted by molar-refractivity contribution is -0.123. The van der Waals surface area contributed by atoms with Crippen molar-refractivity contribution < 1.29 is 9.53 Å². The van der Waals surface area contributed by atoms with E-state index in [9.17, 15) is 4.79 Å². The summed E-state index contributed by atoms with van der Waals surface area (Å²) < 4.78 is 5.34. The third-order valence-corrected chi connectivity index (χ3v) is 3.88. The van der Waals surface area contributed by atoms with Gasteiger partial charge in [-0.25, -0.2) is 0 Å². The fourth-order valence-corrected chi connectivity index (χ4v) is 2.60. The number of carbonyl (C=O) groups excluding carboxylic acids is 1. The van der Waals surface area contributed by atoms with Crippen LogP contribution in [0.4, 0.5) is 0 Å². The van der Waals surface area contributed by atoms with Gasteiger partial charge in [-0.15, -0.1) is 0 Å². The molecule has 1 unspecified atom stereocenters. The molecule has 4 nitrogen and oxygen atoms in total. The molecule has 1 heterocycles. The Morgan fingerprint density at radius 1 is 1.37 bits per heavy atom. The van der Waals surface area contributed by atoms with Crippen LogP contribution in [0, 0.1) is 0 Å². The summed E-state index contributed by atoms with van der Waals surface area (Å²) in [5, 5.41) is 3.10. The number of rotatable bonds is 8. The number of unbranched alkanes of at least 4 members (excludes halogenated alkanes) is 2. The lowest BCUT2D eigenvalue weighted by atomic mass is 10.1. The Kier molecular flexibility index (Phi) is 8.07. The lowest BCUT2D eigenvalue weighted by Gasteiger charge is -2.30. The first-order chi connectivity index (χ1) is 9.15. The molecule has 1 fully saturated rings. The van der Waals surface area contributed by atoms with Crippen LogP contribution in [-0.2, 0) is 9.53 Å². The Balaban J connectivity index is 2.13. The number of ether oxygens (including phenoxy) is 1. The summed E-state index contributed by atoms with van der Waals surface area (Å²) in [5.74, 6) is 0.167. The van der Waals surface area contributed by atoms with Crippen LogP contribution in [0.3, 0.4) is 0 Å². The molecule has 112 valence electrons. The first-order valence-corrected chi connectivity index (χ1v) is 7.70. The molecule has 0 aliphatic carbocycles. The van der Waals surface area contributed by atoms with Crippen molar-refractivity contribution in [3.05, 3.63) is 0 Å². The Bertz CT molecular complexity index is 251. The lowest BCUT2D eigenvalue weighted by Crippen LogP contribution is -2.44. The monoisotopic (exact) mass is 270 g/mol. The molecule has 0 bridgehead atoms. The maximum Gasteiger partial charge on any atom is 0.234 e. The Morgan fingerprint density at radius 2 is 2.05 bits per heavy atom. The van der Waals surface area contributed by atoms with E-state index in [0.29, 0.717) is 18.7 Å². The van der Waals surface area contributed by atoms with E-state index in [1.807, 2.05) is 0 Å². The van der Waals surface area contributed by atoms with Crippen LogP contribution in [0.2, 0.25) is 0 Å². The molecular formula is C15H30N2O2. The number of nitrogens with zero attached hydrogens (tertiary/aromatic N) is 1. The summed E-state index contributed by atoms with van der Waals surface area (Å²) >= 11 is 0. The van der Waals surface area contributed by atoms with Gasteiger partial charge in [0.1, 0.15) is 0 Å². The molecule has 1 aliphatic heterocycles. The third kappa shape index (κ3) is 6.92. The molecular weight excluding hydrogens is 240 g/mol. The third-order valence-electron chi connectivity index (χ3n) is 3.88. The van der Waals surface area contributed by atoms with Crippen molar-refractivity contribution in [3.63, 3.8) is 0 Å². The zero-order chi connectivity index (χ0) is 14.1. The van der Waals surface area contributed by atoms with Crippen molar-refractivity contribution in [2.24, 2.45) is 0 Å². The minimum Gasteiger partial charge on any atom is -0.381 e. The largest absolute Gasteiger partial charge is 0.381 e. The van der Waals surface area contributed by atoms with Crippen LogP contribution in [0.1, 0.15) is 52.4 Å². The maximum atomic E-state index is 11.9. The fourth-order valence-electron chi connectivity index (χ4n) is 2.60. The fraction of sp³-hybridized carbons (Fsp3) is 0.933. The SMILES string of the molecule is CCCCCC(C)NC(=O)CN1CCC(OC)CC1. The number of carbonyl (C=O) groups is 1. The first-order valence-electron chi connectivity index (χ1n) is 7.70. The highest BCUT2D eigenvalue weighted by Crippen LogP contribution is 2.12. The molecule has 0 aromatic heterocycles. The Labute approximate surface area is 117 Å². The second kappa shape index (κ2) is 9.32. The van der Waals surface area contributed by atoms with Gasteiger partial charge in [-0.05, 0) is 26.2 Å². The maximum absolute atomic E-state index is 11.9. The van der Waals surface area contributed by atoms with Gasteiger partial charge in [0.25, 0.3) is 0 Å². The number of likely N-dealkylation sites (tertiary alicyclic amines) is 1. The van der Waals surface area contributed by atoms with Gasteiger partial charge in [0.15, 0.2) is 0 Å². The number of hydrogen-bond donors (Lipinski definition) is 1. The van der Waals surface area contributed by atoms with Crippen LogP contribution >= 0.6 is 0 Å². The van der Waals surface area contributed by atoms with Gasteiger partial charge >= 0.3 is 0 Å². The van der Waals surface area contributed by atoms with E-state index >= 15 is 0 Å². The summed E-state index contributed by atoms with van der Waals surface area (Å²) in [6, 6.07) is 0.301. The highest BCUT2D eigenvalue weighted by Gasteiger charge is 2.20. The minimum absolute atomic E-state index is 0.167. The smallest absolute Gasteiger partial charge is 0.234 e. The molecule has 1 amide bonds. The molecule has 0 aromatic carbocycles. The van der Waals surface area contributed by atoms with Gasteiger partial charge in [-0.3, -0.25) is 9.69 Å². The van der Waals surface area contributed by atoms with Gasteiger partial charge in [0.2, 0.25) is 5.91 Å². The van der Waals surface area contributed by atoms with E-state index in [1.165, 1.54) is 19.3 Å². The Morgan fingerprint density at radius 3 is 2.63 bits per heavy atom. The molecule has 0 radical (unpaired) electrons. The van der Waals surface area contributed by atoms with Gasteiger partial charge < -0.3 is 10.1 Å². The summed E-state index contributed by atoms with van der Waals surface area (Å²) in [5.41, 5.74) is 0. The van der Waals surface area contributed by atoms with Crippen LogP contribution < -0.4 is 5.32 Å². The highest BCUT2D eigenvalue weighted by atomic mass is 16.5. The molecule has 0 saturated carbocycles. The highest BCUT2D eigenvalue weighted by molar-refractivity contribution is 5.78. The van der Waals surface area contributed by atoms with Crippen LogP contribution in [0.25, 0.3) is 0 Å². The average molecular weight is 270 g/mol. The Hall–Kier alpha value is -0.610. The zero-order valence-corrected chi connectivity index (χ0v) is 12.8. The normalized spacial score (nSPS) is 19.3. The van der Waals surface area contributed by atoms with Crippen LogP contribution in [-0.4, -0.2) is 49.7 Å². The van der Waals surface area contributed by atoms with Gasteiger partial charge in [0.05, 0.1) is 12.6 Å². The molecule has 1 saturated heterocycles. The molecule has 0 spiro atoms. The molecule has 1 aliphatic rings. The molecule has 1 rings (SSSR count). The van der Waals surface area contributed by atoms with Gasteiger partial charge in [-0.1, -0.05) is 26.2 Å². The number of piperidine rings is 1. The molecule has 19 heavy (non-hydrogen) atoms. The standard InChI is InChI=1S/C15H30N2O2/c1-4-5-6-7-13(2)16-15(18)12-17-10-8-14(19-3)9-11-17/h13-14H,4-12H2,1-3H3,(H,16,18). The minimum atomic E-state index is 0.167. The summed E-state index contributed by atoms with van der Waals surface area (Å²) in [4.78, 5) is 14.1. The number of nitrogens with one attached hydrogen (secondary N) is 1. The second-order valence-corrected chi connectivity index (χ2v) is 5.68. The predicted octanol–water partition coefficient (Wildman–Crippen LogP) is 2.18. The quantitative estimate of drug-likeness (QED) is 0.687. The predicted molar refractivity (Wildman–Crippen MR) is 78.2 cm³/mol. The van der Waals surface area contributed by atoms with E-state index in [4.69, 9.17) is 4.74 Å². The van der Waals surface area contributed by atoms with Gasteiger partial charge in [0, 0.05) is 26.2 Å². The summed E-state index contributed by atoms with van der Waals surface area (Å²) in [7, 11) is 1.77. The van der Waals surface area contributed by atoms with Crippen molar-refractivity contribution in [2.45, 2.75) is 64.5 Å². The molecule has 1 N–H and O–H groups in total.